The fourth-order valence-corrected chi connectivity index (χ4v) is 3.35. The summed E-state index contributed by atoms with van der Waals surface area (Å²) in [6.07, 6.45) is 3.06. The van der Waals surface area contributed by atoms with Gasteiger partial charge < -0.3 is 4.74 Å². The van der Waals surface area contributed by atoms with Gasteiger partial charge in [0.25, 0.3) is 0 Å². The molecule has 0 heterocycles. The van der Waals surface area contributed by atoms with Gasteiger partial charge in [0.05, 0.1) is 17.6 Å². The van der Waals surface area contributed by atoms with Gasteiger partial charge in [-0.05, 0) is 51.3 Å². The summed E-state index contributed by atoms with van der Waals surface area (Å²) in [5.74, 6) is 1.17. The Morgan fingerprint density at radius 3 is 2.17 bits per heavy atom. The Balaban J connectivity index is 2.26. The molecule has 0 radical (unpaired) electrons. The van der Waals surface area contributed by atoms with Crippen molar-refractivity contribution >= 4 is 15.6 Å². The topological polar surface area (TPSA) is 60.4 Å². The number of hydrogen-bond acceptors (Lipinski definition) is 4. The zero-order valence-electron chi connectivity index (χ0n) is 14.6. The molecule has 4 nitrogen and oxygen atoms in total. The highest BCUT2D eigenvalue weighted by molar-refractivity contribution is 7.92. The van der Waals surface area contributed by atoms with Gasteiger partial charge in [-0.3, -0.25) is 4.79 Å². The van der Waals surface area contributed by atoms with Gasteiger partial charge in [-0.25, -0.2) is 8.42 Å². The molecule has 5 heteroatoms. The average Bonchev–Trinajstić information content (AvgIpc) is 2.46. The highest BCUT2D eigenvalue weighted by Crippen LogP contribution is 2.18. The smallest absolute Gasteiger partial charge is 0.155 e. The quantitative estimate of drug-likeness (QED) is 0.645. The third-order valence-corrected chi connectivity index (χ3v) is 6.55. The summed E-state index contributed by atoms with van der Waals surface area (Å²) in [6.45, 7) is 5.17. The maximum Gasteiger partial charge on any atom is 0.155 e. The molecule has 0 aliphatic rings. The molecule has 0 aromatic heterocycles. The van der Waals surface area contributed by atoms with Crippen molar-refractivity contribution in [2.24, 2.45) is 0 Å². The SMILES string of the molecule is COc1ccc(CC(=O)CCCCCS(=O)(=O)C(C)(C)C)cc1. The van der Waals surface area contributed by atoms with Crippen LogP contribution in [0.15, 0.2) is 24.3 Å². The molecule has 23 heavy (non-hydrogen) atoms. The Kier molecular flexibility index (Phi) is 7.26. The molecule has 0 N–H and O–H groups in total. The van der Waals surface area contributed by atoms with Crippen LogP contribution in [-0.4, -0.2) is 31.8 Å². The Bertz CT molecular complexity index is 595. The molecule has 0 saturated carbocycles. The normalized spacial score (nSPS) is 12.2. The van der Waals surface area contributed by atoms with Crippen LogP contribution in [0.3, 0.4) is 0 Å². The lowest BCUT2D eigenvalue weighted by Gasteiger charge is -2.18. The van der Waals surface area contributed by atoms with Gasteiger partial charge in [0, 0.05) is 12.8 Å². The molecule has 1 aromatic rings. The number of rotatable bonds is 9. The number of unbranched alkanes of at least 4 members (excludes halogenated alkanes) is 2. The van der Waals surface area contributed by atoms with E-state index in [0.29, 0.717) is 19.3 Å². The van der Waals surface area contributed by atoms with Crippen LogP contribution in [0.1, 0.15) is 52.0 Å². The summed E-state index contributed by atoms with van der Waals surface area (Å²) in [6, 6.07) is 7.49. The zero-order valence-corrected chi connectivity index (χ0v) is 15.4. The van der Waals surface area contributed by atoms with E-state index in [-0.39, 0.29) is 11.5 Å². The lowest BCUT2D eigenvalue weighted by Crippen LogP contribution is -2.30. The van der Waals surface area contributed by atoms with E-state index in [1.807, 2.05) is 24.3 Å². The summed E-state index contributed by atoms with van der Waals surface area (Å²) >= 11 is 0. The van der Waals surface area contributed by atoms with E-state index in [1.54, 1.807) is 27.9 Å². The van der Waals surface area contributed by atoms with Crippen molar-refractivity contribution in [2.45, 2.75) is 57.6 Å². The first kappa shape index (κ1) is 19.7. The highest BCUT2D eigenvalue weighted by Gasteiger charge is 2.27. The lowest BCUT2D eigenvalue weighted by atomic mass is 10.0. The van der Waals surface area contributed by atoms with E-state index in [1.165, 1.54) is 0 Å². The molecule has 0 aliphatic carbocycles. The van der Waals surface area contributed by atoms with Crippen molar-refractivity contribution in [3.05, 3.63) is 29.8 Å². The molecule has 0 saturated heterocycles. The monoisotopic (exact) mass is 340 g/mol. The maximum atomic E-state index is 12.0. The number of benzene rings is 1. The van der Waals surface area contributed by atoms with E-state index in [4.69, 9.17) is 4.74 Å². The van der Waals surface area contributed by atoms with Crippen molar-refractivity contribution in [1.82, 2.24) is 0 Å². The van der Waals surface area contributed by atoms with E-state index in [2.05, 4.69) is 0 Å². The Morgan fingerprint density at radius 1 is 1.04 bits per heavy atom. The third-order valence-electron chi connectivity index (χ3n) is 3.86. The van der Waals surface area contributed by atoms with Crippen molar-refractivity contribution in [3.8, 4) is 5.75 Å². The number of Topliss-reactive ketones (excluding diaryl/α,β-unsaturated/α-hetero) is 1. The number of ketones is 1. The summed E-state index contributed by atoms with van der Waals surface area (Å²) in [5, 5.41) is 0. The summed E-state index contributed by atoms with van der Waals surface area (Å²) in [5.41, 5.74) is 0.978. The minimum Gasteiger partial charge on any atom is -0.497 e. The van der Waals surface area contributed by atoms with E-state index >= 15 is 0 Å². The van der Waals surface area contributed by atoms with Crippen LogP contribution in [-0.2, 0) is 21.1 Å². The molecule has 1 aromatic carbocycles. The van der Waals surface area contributed by atoms with Gasteiger partial charge in [0.2, 0.25) is 0 Å². The molecule has 0 bridgehead atoms. The minimum absolute atomic E-state index is 0.189. The van der Waals surface area contributed by atoms with Crippen molar-refractivity contribution in [1.29, 1.82) is 0 Å². The summed E-state index contributed by atoms with van der Waals surface area (Å²) < 4.78 is 28.3. The second-order valence-electron chi connectivity index (χ2n) is 6.81. The van der Waals surface area contributed by atoms with Crippen LogP contribution >= 0.6 is 0 Å². The Labute approximate surface area is 140 Å². The van der Waals surface area contributed by atoms with Gasteiger partial charge in [-0.1, -0.05) is 18.6 Å². The van der Waals surface area contributed by atoms with E-state index < -0.39 is 14.6 Å². The fourth-order valence-electron chi connectivity index (χ4n) is 2.16. The molecule has 130 valence electrons. The van der Waals surface area contributed by atoms with Crippen molar-refractivity contribution < 1.29 is 17.9 Å². The van der Waals surface area contributed by atoms with E-state index in [9.17, 15) is 13.2 Å². The molecule has 0 unspecified atom stereocenters. The van der Waals surface area contributed by atoms with Crippen LogP contribution < -0.4 is 4.74 Å². The molecule has 0 aliphatic heterocycles. The number of sulfone groups is 1. The van der Waals surface area contributed by atoms with E-state index in [0.717, 1.165) is 24.2 Å². The predicted molar refractivity (Wildman–Crippen MR) is 93.7 cm³/mol. The minimum atomic E-state index is -3.05. The van der Waals surface area contributed by atoms with Crippen LogP contribution in [0.2, 0.25) is 0 Å². The molecule has 1 rings (SSSR count). The number of hydrogen-bond donors (Lipinski definition) is 0. The summed E-state index contributed by atoms with van der Waals surface area (Å²) in [4.78, 5) is 11.9. The van der Waals surface area contributed by atoms with Crippen LogP contribution in [0, 0.1) is 0 Å². The van der Waals surface area contributed by atoms with Gasteiger partial charge in [0.15, 0.2) is 9.84 Å². The molecule has 0 spiro atoms. The van der Waals surface area contributed by atoms with Gasteiger partial charge in [-0.2, -0.15) is 0 Å². The molecule has 0 atom stereocenters. The first-order valence-electron chi connectivity index (χ1n) is 8.02. The van der Waals surface area contributed by atoms with Gasteiger partial charge >= 0.3 is 0 Å². The first-order valence-corrected chi connectivity index (χ1v) is 9.68. The second kappa shape index (κ2) is 8.48. The number of carbonyl (C=O) groups is 1. The van der Waals surface area contributed by atoms with Gasteiger partial charge in [0.1, 0.15) is 11.5 Å². The molecular weight excluding hydrogens is 312 g/mol. The lowest BCUT2D eigenvalue weighted by molar-refractivity contribution is -0.118. The average molecular weight is 340 g/mol. The highest BCUT2D eigenvalue weighted by atomic mass is 32.2. The summed E-state index contributed by atoms with van der Waals surface area (Å²) in [7, 11) is -1.44. The Hall–Kier alpha value is -1.36. The maximum absolute atomic E-state index is 12.0. The van der Waals surface area contributed by atoms with Crippen LogP contribution in [0.25, 0.3) is 0 Å². The molecular formula is C18H28O4S. The second-order valence-corrected chi connectivity index (χ2v) is 9.67. The fraction of sp³-hybridized carbons (Fsp3) is 0.611. The van der Waals surface area contributed by atoms with Gasteiger partial charge in [-0.15, -0.1) is 0 Å². The number of methoxy groups -OCH3 is 1. The van der Waals surface area contributed by atoms with Crippen molar-refractivity contribution in [2.75, 3.05) is 12.9 Å². The number of carbonyl (C=O) groups excluding carboxylic acids is 1. The number of ether oxygens (including phenoxy) is 1. The standard InChI is InChI=1S/C18H28O4S/c1-18(2,3)23(20,21)13-7-5-6-8-16(19)14-15-9-11-17(22-4)12-10-15/h9-12H,5-8,13-14H2,1-4H3. The predicted octanol–water partition coefficient (Wildman–Crippen LogP) is 3.58. The van der Waals surface area contributed by atoms with Crippen LogP contribution in [0.4, 0.5) is 0 Å². The van der Waals surface area contributed by atoms with Crippen LogP contribution in [0.5, 0.6) is 5.75 Å². The molecule has 0 amide bonds. The Morgan fingerprint density at radius 2 is 1.65 bits per heavy atom. The zero-order chi connectivity index (χ0) is 17.5. The molecule has 0 fully saturated rings. The van der Waals surface area contributed by atoms with Crippen molar-refractivity contribution in [3.63, 3.8) is 0 Å². The first-order chi connectivity index (χ1) is 10.7. The third kappa shape index (κ3) is 6.73. The largest absolute Gasteiger partial charge is 0.497 e.